The van der Waals surface area contributed by atoms with Crippen molar-refractivity contribution < 1.29 is 14.3 Å². The molecule has 0 aromatic carbocycles. The SMILES string of the molecule is CC(C)[C@@H]1CC[C@@H](C)CN1C(=O)C(=O)Nc1cnc(N)c2cnn(COCC[Si](C)(C)C)c12. The second-order valence-electron chi connectivity index (χ2n) is 10.7. The highest BCUT2D eigenvalue weighted by molar-refractivity contribution is 6.76. The van der Waals surface area contributed by atoms with Crippen LogP contribution in [0.25, 0.3) is 10.9 Å². The largest absolute Gasteiger partial charge is 0.383 e. The molecule has 2 aromatic rings. The normalized spacial score (nSPS) is 19.3. The molecule has 2 amide bonds. The van der Waals surface area contributed by atoms with Gasteiger partial charge in [0, 0.05) is 27.3 Å². The molecular weight excluding hydrogens is 436 g/mol. The van der Waals surface area contributed by atoms with E-state index >= 15 is 0 Å². The first-order valence-electron chi connectivity index (χ1n) is 11.8. The number of carbonyl (C=O) groups excluding carboxylic acids is 2. The van der Waals surface area contributed by atoms with Crippen LogP contribution in [0.4, 0.5) is 11.5 Å². The Morgan fingerprint density at radius 1 is 1.27 bits per heavy atom. The lowest BCUT2D eigenvalue weighted by Gasteiger charge is -2.40. The third-order valence-corrected chi connectivity index (χ3v) is 7.95. The topological polar surface area (TPSA) is 115 Å². The fraction of sp³-hybridized carbons (Fsp3) is 0.652. The van der Waals surface area contributed by atoms with Crippen LogP contribution < -0.4 is 11.1 Å². The van der Waals surface area contributed by atoms with Gasteiger partial charge in [-0.25, -0.2) is 9.67 Å². The van der Waals surface area contributed by atoms with E-state index in [4.69, 9.17) is 10.5 Å². The van der Waals surface area contributed by atoms with E-state index in [-0.39, 0.29) is 18.7 Å². The van der Waals surface area contributed by atoms with Gasteiger partial charge in [-0.1, -0.05) is 40.4 Å². The average molecular weight is 475 g/mol. The minimum absolute atomic E-state index is 0.0642. The highest BCUT2D eigenvalue weighted by Crippen LogP contribution is 2.29. The number of aromatic nitrogens is 3. The van der Waals surface area contributed by atoms with E-state index < -0.39 is 19.9 Å². The Morgan fingerprint density at radius 3 is 2.67 bits per heavy atom. The van der Waals surface area contributed by atoms with Crippen LogP contribution in [0.1, 0.15) is 33.6 Å². The van der Waals surface area contributed by atoms with E-state index in [9.17, 15) is 9.59 Å². The van der Waals surface area contributed by atoms with Gasteiger partial charge in [0.05, 0.1) is 29.0 Å². The second kappa shape index (κ2) is 10.2. The lowest BCUT2D eigenvalue weighted by atomic mass is 9.88. The Hall–Kier alpha value is -2.46. The van der Waals surface area contributed by atoms with Crippen LogP contribution in [0.3, 0.4) is 0 Å². The number of rotatable bonds is 7. The summed E-state index contributed by atoms with van der Waals surface area (Å²) >= 11 is 0. The smallest absolute Gasteiger partial charge is 0.314 e. The van der Waals surface area contributed by atoms with E-state index in [0.717, 1.165) is 18.9 Å². The predicted octanol–water partition coefficient (Wildman–Crippen LogP) is 3.55. The van der Waals surface area contributed by atoms with Gasteiger partial charge in [-0.05, 0) is 30.7 Å². The molecule has 2 aromatic heterocycles. The molecule has 1 aliphatic rings. The third-order valence-electron chi connectivity index (χ3n) is 6.25. The monoisotopic (exact) mass is 474 g/mol. The maximum atomic E-state index is 13.1. The Labute approximate surface area is 197 Å². The molecule has 182 valence electrons. The molecule has 10 heteroatoms. The quantitative estimate of drug-likeness (QED) is 0.360. The van der Waals surface area contributed by atoms with Crippen LogP contribution in [0.2, 0.25) is 25.7 Å². The second-order valence-corrected chi connectivity index (χ2v) is 16.3. The van der Waals surface area contributed by atoms with E-state index in [2.05, 4.69) is 55.8 Å². The summed E-state index contributed by atoms with van der Waals surface area (Å²) < 4.78 is 7.49. The molecule has 0 saturated carbocycles. The van der Waals surface area contributed by atoms with E-state index in [1.54, 1.807) is 15.8 Å². The van der Waals surface area contributed by atoms with Crippen molar-refractivity contribution in [2.24, 2.45) is 11.8 Å². The molecule has 0 spiro atoms. The van der Waals surface area contributed by atoms with Crippen molar-refractivity contribution in [1.29, 1.82) is 0 Å². The average Bonchev–Trinajstić information content (AvgIpc) is 3.16. The van der Waals surface area contributed by atoms with Crippen molar-refractivity contribution in [3.63, 3.8) is 0 Å². The summed E-state index contributed by atoms with van der Waals surface area (Å²) in [6.45, 7) is 14.6. The van der Waals surface area contributed by atoms with Gasteiger partial charge in [0.1, 0.15) is 12.5 Å². The Morgan fingerprint density at radius 2 is 2.00 bits per heavy atom. The molecule has 3 rings (SSSR count). The fourth-order valence-corrected chi connectivity index (χ4v) is 5.00. The number of pyridine rings is 1. The van der Waals surface area contributed by atoms with Gasteiger partial charge in [-0.15, -0.1) is 0 Å². The fourth-order valence-electron chi connectivity index (χ4n) is 4.25. The number of nitrogens with zero attached hydrogens (tertiary/aromatic N) is 4. The van der Waals surface area contributed by atoms with Crippen molar-refractivity contribution in [1.82, 2.24) is 19.7 Å². The number of likely N-dealkylation sites (tertiary alicyclic amines) is 1. The number of nitrogens with one attached hydrogen (secondary N) is 1. The van der Waals surface area contributed by atoms with Gasteiger partial charge in [0.2, 0.25) is 0 Å². The number of nitrogen functional groups attached to an aromatic ring is 1. The number of hydrogen-bond acceptors (Lipinski definition) is 6. The highest BCUT2D eigenvalue weighted by atomic mass is 28.3. The lowest BCUT2D eigenvalue weighted by Crippen LogP contribution is -2.52. The number of amides is 2. The van der Waals surface area contributed by atoms with Crippen molar-refractivity contribution >= 4 is 42.3 Å². The van der Waals surface area contributed by atoms with E-state index in [1.807, 2.05) is 0 Å². The highest BCUT2D eigenvalue weighted by Gasteiger charge is 2.35. The standard InChI is InChI=1S/C23H38N6O3Si/c1-15(2)19-8-7-16(3)13-28(19)23(31)22(30)27-18-12-25-21(24)17-11-26-29(20(17)18)14-32-9-10-33(4,5)6/h11-12,15-16,19H,7-10,13-14H2,1-6H3,(H2,24,25)(H,27,30)/t16-,19+/m1/s1. The summed E-state index contributed by atoms with van der Waals surface area (Å²) in [6, 6.07) is 1.11. The van der Waals surface area contributed by atoms with E-state index in [1.165, 1.54) is 6.20 Å². The van der Waals surface area contributed by atoms with Gasteiger partial charge in [-0.3, -0.25) is 9.59 Å². The summed E-state index contributed by atoms with van der Waals surface area (Å²) in [5.74, 6) is -0.213. The van der Waals surface area contributed by atoms with Crippen LogP contribution in [-0.2, 0) is 21.1 Å². The number of nitrogens with two attached hydrogens (primary N) is 1. The molecule has 0 radical (unpaired) electrons. The number of piperidine rings is 1. The number of hydrogen-bond donors (Lipinski definition) is 2. The first-order valence-corrected chi connectivity index (χ1v) is 15.5. The molecule has 3 N–H and O–H groups in total. The molecule has 1 saturated heterocycles. The number of carbonyl (C=O) groups is 2. The zero-order valence-corrected chi connectivity index (χ0v) is 21.7. The number of ether oxygens (including phenoxy) is 1. The van der Waals surface area contributed by atoms with Gasteiger partial charge in [0.15, 0.2) is 0 Å². The summed E-state index contributed by atoms with van der Waals surface area (Å²) in [4.78, 5) is 32.0. The lowest BCUT2D eigenvalue weighted by molar-refractivity contribution is -0.147. The Bertz CT molecular complexity index is 1000. The van der Waals surface area contributed by atoms with E-state index in [0.29, 0.717) is 41.5 Å². The van der Waals surface area contributed by atoms with Gasteiger partial charge < -0.3 is 20.7 Å². The van der Waals surface area contributed by atoms with Gasteiger partial charge in [-0.2, -0.15) is 5.10 Å². The molecule has 33 heavy (non-hydrogen) atoms. The van der Waals surface area contributed by atoms with Crippen LogP contribution in [0, 0.1) is 11.8 Å². The molecule has 1 fully saturated rings. The number of fused-ring (bicyclic) bond motifs is 1. The first-order chi connectivity index (χ1) is 15.5. The van der Waals surface area contributed by atoms with Crippen molar-refractivity contribution in [3.05, 3.63) is 12.4 Å². The minimum atomic E-state index is -1.21. The van der Waals surface area contributed by atoms with Crippen LogP contribution in [0.15, 0.2) is 12.4 Å². The first kappa shape index (κ1) is 25.2. The Kier molecular flexibility index (Phi) is 7.79. The molecular formula is C23H38N6O3Si. The summed E-state index contributed by atoms with van der Waals surface area (Å²) in [6.07, 6.45) is 5.06. The molecule has 0 unspecified atom stereocenters. The third kappa shape index (κ3) is 6.11. The molecule has 0 aliphatic carbocycles. The van der Waals surface area contributed by atoms with Crippen LogP contribution >= 0.6 is 0 Å². The Balaban J connectivity index is 1.79. The molecule has 3 heterocycles. The molecule has 9 nitrogen and oxygen atoms in total. The molecule has 0 bridgehead atoms. The van der Waals surface area contributed by atoms with Gasteiger partial charge >= 0.3 is 11.8 Å². The predicted molar refractivity (Wildman–Crippen MR) is 133 cm³/mol. The summed E-state index contributed by atoms with van der Waals surface area (Å²) in [5, 5.41) is 7.75. The molecule has 1 aliphatic heterocycles. The summed E-state index contributed by atoms with van der Waals surface area (Å²) in [5.41, 5.74) is 7.04. The summed E-state index contributed by atoms with van der Waals surface area (Å²) in [7, 11) is -1.21. The maximum Gasteiger partial charge on any atom is 0.314 e. The van der Waals surface area contributed by atoms with Crippen LogP contribution in [0.5, 0.6) is 0 Å². The van der Waals surface area contributed by atoms with Gasteiger partial charge in [0.25, 0.3) is 0 Å². The zero-order chi connectivity index (χ0) is 24.3. The molecule has 2 atom stereocenters. The zero-order valence-electron chi connectivity index (χ0n) is 20.7. The van der Waals surface area contributed by atoms with Crippen molar-refractivity contribution in [2.75, 3.05) is 24.2 Å². The number of anilines is 2. The van der Waals surface area contributed by atoms with Crippen molar-refractivity contribution in [2.45, 2.75) is 72.1 Å². The maximum absolute atomic E-state index is 13.1. The van der Waals surface area contributed by atoms with Crippen LogP contribution in [-0.4, -0.2) is 58.7 Å². The van der Waals surface area contributed by atoms with Crippen molar-refractivity contribution in [3.8, 4) is 0 Å². The minimum Gasteiger partial charge on any atom is -0.383 e.